The van der Waals surface area contributed by atoms with Gasteiger partial charge in [0, 0.05) is 0 Å². The molecule has 1 atom stereocenters. The Morgan fingerprint density at radius 1 is 0.765 bits per heavy atom. The molecule has 3 rings (SSSR count). The molecule has 0 aliphatic heterocycles. The van der Waals surface area contributed by atoms with E-state index in [1.165, 1.54) is 0 Å². The number of halogens is 7. The quantitative estimate of drug-likeness (QED) is 0.128. The van der Waals surface area contributed by atoms with Crippen LogP contribution in [0.1, 0.15) is 64.2 Å². The van der Waals surface area contributed by atoms with E-state index in [0.29, 0.717) is 0 Å². The Kier molecular flexibility index (Phi) is 9.91. The Labute approximate surface area is 213 Å². The molecule has 0 bridgehead atoms. The van der Waals surface area contributed by atoms with Gasteiger partial charge in [0.2, 0.25) is 0 Å². The SMILES string of the molecule is FC(F)(F)COc1cc(OCC(F)(F)F)cc([PH]([CH](Cl)[Pd])(C2CCCCC2)C2CCCCC2)c1. The molecule has 1 aromatic carbocycles. The zero-order valence-corrected chi connectivity index (χ0v) is 22.0. The van der Waals surface area contributed by atoms with E-state index in [1.807, 2.05) is 0 Å². The normalized spacial score (nSPS) is 20.7. The van der Waals surface area contributed by atoms with Crippen molar-refractivity contribution in [1.29, 1.82) is 0 Å². The molecule has 11 heteroatoms. The molecule has 0 saturated heterocycles. The fraction of sp³-hybridized carbons (Fsp3) is 0.739. The molecule has 1 aromatic rings. The first-order chi connectivity index (χ1) is 15.9. The Morgan fingerprint density at radius 2 is 1.15 bits per heavy atom. The summed E-state index contributed by atoms with van der Waals surface area (Å²) in [5, 5.41) is 0.732. The van der Waals surface area contributed by atoms with Crippen molar-refractivity contribution in [3.8, 4) is 11.5 Å². The second kappa shape index (κ2) is 11.9. The molecule has 0 aromatic heterocycles. The van der Waals surface area contributed by atoms with E-state index in [-0.39, 0.29) is 26.4 Å². The van der Waals surface area contributed by atoms with E-state index in [9.17, 15) is 26.3 Å². The van der Waals surface area contributed by atoms with Crippen LogP contribution in [0.3, 0.4) is 0 Å². The third kappa shape index (κ3) is 7.40. The zero-order chi connectivity index (χ0) is 25.0. The number of ether oxygens (including phenoxy) is 2. The molecule has 0 radical (unpaired) electrons. The van der Waals surface area contributed by atoms with E-state index in [1.54, 1.807) is 12.1 Å². The molecule has 0 amide bonds. The Bertz CT molecular complexity index is 738. The molecule has 34 heavy (non-hydrogen) atoms. The van der Waals surface area contributed by atoms with Crippen LogP contribution in [0.4, 0.5) is 26.3 Å². The predicted octanol–water partition coefficient (Wildman–Crippen LogP) is 7.68. The summed E-state index contributed by atoms with van der Waals surface area (Å²) in [6.45, 7) is -3.06. The van der Waals surface area contributed by atoms with E-state index >= 15 is 0 Å². The number of benzene rings is 1. The van der Waals surface area contributed by atoms with Gasteiger partial charge in [0.05, 0.1) is 0 Å². The number of hydrogen-bond donors (Lipinski definition) is 0. The average molecular weight is 626 g/mol. The molecule has 0 N–H and O–H groups in total. The van der Waals surface area contributed by atoms with Gasteiger partial charge in [0.1, 0.15) is 0 Å². The van der Waals surface area contributed by atoms with Crippen LogP contribution in [0.5, 0.6) is 11.5 Å². The summed E-state index contributed by atoms with van der Waals surface area (Å²) in [5.74, 6) is -0.269. The molecule has 2 fully saturated rings. The minimum atomic E-state index is -4.57. The first kappa shape index (κ1) is 28.4. The summed E-state index contributed by atoms with van der Waals surface area (Å²) in [6, 6.07) is 4.29. The van der Waals surface area contributed by atoms with Gasteiger partial charge < -0.3 is 0 Å². The van der Waals surface area contributed by atoms with Gasteiger partial charge in [-0.1, -0.05) is 0 Å². The standard InChI is InChI=1S/C23H31ClF6O2P.Pd/c24-16-33(19-7-3-1-4-8-19,20-9-5-2-6-10-20)21-12-17(31-14-22(25,26)27)11-18(13-21)32-15-23(28,29)30;/h11-13,16,19-20,33H,1-10,14-15H2;. The first-order valence-corrected chi connectivity index (χ1v) is 15.3. The van der Waals surface area contributed by atoms with Crippen LogP contribution in [0, 0.1) is 0 Å². The molecular weight excluding hydrogens is 595 g/mol. The number of rotatable bonds is 8. The van der Waals surface area contributed by atoms with Crippen LogP contribution >= 0.6 is 18.9 Å². The van der Waals surface area contributed by atoms with Crippen molar-refractivity contribution in [3.05, 3.63) is 18.2 Å². The van der Waals surface area contributed by atoms with Crippen LogP contribution in [0.25, 0.3) is 0 Å². The number of hydrogen-bond acceptors (Lipinski definition) is 2. The summed E-state index contributed by atoms with van der Waals surface area (Å²) in [6.07, 6.45) is 1.18. The Hall–Kier alpha value is -0.218. The fourth-order valence-corrected chi connectivity index (χ4v) is 16.2. The molecule has 2 nitrogen and oxygen atoms in total. The van der Waals surface area contributed by atoms with Crippen LogP contribution in [-0.2, 0) is 19.2 Å². The summed E-state index contributed by atoms with van der Waals surface area (Å²) in [5.41, 5.74) is 0.573. The first-order valence-electron chi connectivity index (χ1n) is 11.7. The average Bonchev–Trinajstić information content (AvgIpc) is 2.77. The molecular formula is C23H31ClF6O2PPd. The summed E-state index contributed by atoms with van der Waals surface area (Å²) in [4.78, 5) is 0. The number of alkyl halides is 7. The van der Waals surface area contributed by atoms with Gasteiger partial charge in [-0.25, -0.2) is 0 Å². The molecule has 0 heterocycles. The van der Waals surface area contributed by atoms with Crippen LogP contribution in [0.15, 0.2) is 18.2 Å². The van der Waals surface area contributed by atoms with Gasteiger partial charge in [-0.2, -0.15) is 0 Å². The van der Waals surface area contributed by atoms with Crippen molar-refractivity contribution in [1.82, 2.24) is 0 Å². The van der Waals surface area contributed by atoms with Gasteiger partial charge in [0.25, 0.3) is 0 Å². The Morgan fingerprint density at radius 3 is 1.47 bits per heavy atom. The molecule has 199 valence electrons. The van der Waals surface area contributed by atoms with Gasteiger partial charge in [-0.15, -0.1) is 0 Å². The van der Waals surface area contributed by atoms with Crippen molar-refractivity contribution >= 4 is 24.2 Å². The van der Waals surface area contributed by atoms with Crippen LogP contribution in [-0.4, -0.2) is 40.5 Å². The summed E-state index contributed by atoms with van der Waals surface area (Å²) < 4.78 is 86.9. The topological polar surface area (TPSA) is 18.5 Å². The van der Waals surface area contributed by atoms with Crippen LogP contribution in [0.2, 0.25) is 0 Å². The van der Waals surface area contributed by atoms with E-state index in [2.05, 4.69) is 19.2 Å². The maximum absolute atomic E-state index is 12.9. The van der Waals surface area contributed by atoms with E-state index < -0.39 is 32.8 Å². The van der Waals surface area contributed by atoms with Gasteiger partial charge in [-0.3, -0.25) is 0 Å². The molecule has 2 aliphatic carbocycles. The fourth-order valence-electron chi connectivity index (χ4n) is 5.73. The monoisotopic (exact) mass is 625 g/mol. The summed E-state index contributed by atoms with van der Waals surface area (Å²) >= 11 is 10.3. The molecule has 2 aliphatic rings. The van der Waals surface area contributed by atoms with Crippen molar-refractivity contribution in [3.63, 3.8) is 0 Å². The van der Waals surface area contributed by atoms with Gasteiger partial charge in [0.15, 0.2) is 0 Å². The van der Waals surface area contributed by atoms with Crippen molar-refractivity contribution in [2.24, 2.45) is 0 Å². The second-order valence-corrected chi connectivity index (χ2v) is 17.0. The minimum absolute atomic E-state index is 0.134. The van der Waals surface area contributed by atoms with Crippen molar-refractivity contribution < 1.29 is 55.0 Å². The molecule has 2 saturated carbocycles. The van der Waals surface area contributed by atoms with Gasteiger partial charge in [-0.05, 0) is 0 Å². The zero-order valence-electron chi connectivity index (χ0n) is 18.7. The molecule has 0 spiro atoms. The van der Waals surface area contributed by atoms with E-state index in [4.69, 9.17) is 21.1 Å². The van der Waals surface area contributed by atoms with Crippen LogP contribution < -0.4 is 14.8 Å². The maximum atomic E-state index is 12.9. The third-order valence-electron chi connectivity index (χ3n) is 7.08. The van der Waals surface area contributed by atoms with Crippen molar-refractivity contribution in [2.75, 3.05) is 13.2 Å². The van der Waals surface area contributed by atoms with Gasteiger partial charge >= 0.3 is 214 Å². The Balaban J connectivity index is 2.10. The van der Waals surface area contributed by atoms with E-state index in [0.717, 1.165) is 75.6 Å². The molecule has 1 unspecified atom stereocenters. The van der Waals surface area contributed by atoms with Crippen molar-refractivity contribution in [2.45, 2.75) is 91.5 Å². The second-order valence-electron chi connectivity index (χ2n) is 9.37. The summed E-state index contributed by atoms with van der Waals surface area (Å²) in [7, 11) is -2.68. The third-order valence-corrected chi connectivity index (χ3v) is 16.2. The predicted molar refractivity (Wildman–Crippen MR) is 121 cm³/mol.